The minimum absolute atomic E-state index is 0.346. The van der Waals surface area contributed by atoms with E-state index in [9.17, 15) is 22.5 Å². The summed E-state index contributed by atoms with van der Waals surface area (Å²) in [6, 6.07) is 11.6. The summed E-state index contributed by atoms with van der Waals surface area (Å²) in [5.41, 5.74) is 0.496. The van der Waals surface area contributed by atoms with Gasteiger partial charge in [-0.3, -0.25) is 4.21 Å². The van der Waals surface area contributed by atoms with Crippen molar-refractivity contribution in [1.29, 1.82) is 0 Å². The summed E-state index contributed by atoms with van der Waals surface area (Å²) in [4.78, 5) is 0.693. The fourth-order valence-corrected chi connectivity index (χ4v) is 4.31. The van der Waals surface area contributed by atoms with Gasteiger partial charge in [-0.2, -0.15) is 13.2 Å². The number of hydrogen-bond acceptors (Lipinski definition) is 2. The standard InChI is InChI=1S/C16H13F3O2S/c17-16(18,19)12-7-5-10(6-8-12)15(20)14-9-11-3-1-2-4-13(11)22(14)21/h1-8,14-15,20H,9H2/t14-,15-,22?/m0/s1. The number of benzene rings is 2. The highest BCUT2D eigenvalue weighted by Gasteiger charge is 2.36. The molecule has 0 saturated carbocycles. The molecule has 0 saturated heterocycles. The van der Waals surface area contributed by atoms with Crippen LogP contribution in [0.25, 0.3) is 0 Å². The van der Waals surface area contributed by atoms with E-state index in [1.54, 1.807) is 12.1 Å². The molecule has 2 aromatic carbocycles. The first kappa shape index (κ1) is 15.2. The molecule has 22 heavy (non-hydrogen) atoms. The summed E-state index contributed by atoms with van der Waals surface area (Å²) in [6.07, 6.45) is -5.02. The summed E-state index contributed by atoms with van der Waals surface area (Å²) in [5, 5.41) is 9.85. The molecular formula is C16H13F3O2S. The number of fused-ring (bicyclic) bond motifs is 1. The third-order valence-corrected chi connectivity index (χ3v) is 5.62. The molecule has 2 nitrogen and oxygen atoms in total. The van der Waals surface area contributed by atoms with Gasteiger partial charge in [0.15, 0.2) is 0 Å². The van der Waals surface area contributed by atoms with Crippen molar-refractivity contribution >= 4 is 10.8 Å². The molecule has 0 amide bonds. The van der Waals surface area contributed by atoms with E-state index in [-0.39, 0.29) is 0 Å². The van der Waals surface area contributed by atoms with Crippen molar-refractivity contribution in [2.45, 2.75) is 28.8 Å². The quantitative estimate of drug-likeness (QED) is 0.917. The highest BCUT2D eigenvalue weighted by molar-refractivity contribution is 7.86. The third kappa shape index (κ3) is 2.68. The van der Waals surface area contributed by atoms with Crippen LogP contribution in [0.3, 0.4) is 0 Å². The van der Waals surface area contributed by atoms with Gasteiger partial charge in [-0.05, 0) is 35.7 Å². The predicted molar refractivity (Wildman–Crippen MR) is 76.7 cm³/mol. The van der Waals surface area contributed by atoms with Gasteiger partial charge in [-0.15, -0.1) is 0 Å². The van der Waals surface area contributed by atoms with Gasteiger partial charge in [0, 0.05) is 4.90 Å². The van der Waals surface area contributed by atoms with Crippen LogP contribution in [0, 0.1) is 0 Å². The van der Waals surface area contributed by atoms with Gasteiger partial charge in [-0.25, -0.2) is 0 Å². The first-order valence-electron chi connectivity index (χ1n) is 6.71. The Balaban J connectivity index is 1.84. The van der Waals surface area contributed by atoms with Crippen molar-refractivity contribution < 1.29 is 22.5 Å². The van der Waals surface area contributed by atoms with Crippen LogP contribution in [-0.4, -0.2) is 14.6 Å². The molecule has 0 aromatic heterocycles. The maximum absolute atomic E-state index is 12.6. The highest BCUT2D eigenvalue weighted by Crippen LogP contribution is 2.36. The highest BCUT2D eigenvalue weighted by atomic mass is 32.2. The average Bonchev–Trinajstić information content (AvgIpc) is 2.83. The van der Waals surface area contributed by atoms with Gasteiger partial charge in [0.2, 0.25) is 0 Å². The van der Waals surface area contributed by atoms with Crippen molar-refractivity contribution in [2.24, 2.45) is 0 Å². The summed E-state index contributed by atoms with van der Waals surface area (Å²) in [6.45, 7) is 0. The van der Waals surface area contributed by atoms with Crippen LogP contribution in [0.4, 0.5) is 13.2 Å². The van der Waals surface area contributed by atoms with Crippen molar-refractivity contribution in [3.8, 4) is 0 Å². The van der Waals surface area contributed by atoms with Gasteiger partial charge < -0.3 is 5.11 Å². The lowest BCUT2D eigenvalue weighted by atomic mass is 10.00. The molecule has 3 rings (SSSR count). The second-order valence-corrected chi connectivity index (χ2v) is 6.85. The molecular weight excluding hydrogens is 313 g/mol. The molecule has 1 N–H and O–H groups in total. The van der Waals surface area contributed by atoms with E-state index in [0.717, 1.165) is 17.7 Å². The molecule has 0 spiro atoms. The van der Waals surface area contributed by atoms with Gasteiger partial charge >= 0.3 is 6.18 Å². The molecule has 1 aliphatic rings. The molecule has 1 heterocycles. The van der Waals surface area contributed by atoms with Crippen molar-refractivity contribution in [1.82, 2.24) is 0 Å². The number of alkyl halides is 3. The minimum atomic E-state index is -4.41. The average molecular weight is 326 g/mol. The Morgan fingerprint density at radius 2 is 1.73 bits per heavy atom. The molecule has 0 fully saturated rings. The van der Waals surface area contributed by atoms with E-state index in [0.29, 0.717) is 16.9 Å². The molecule has 1 aliphatic heterocycles. The number of aliphatic hydroxyl groups is 1. The normalized spacial score (nSPS) is 22.4. The van der Waals surface area contributed by atoms with E-state index in [4.69, 9.17) is 0 Å². The maximum Gasteiger partial charge on any atom is 0.416 e. The van der Waals surface area contributed by atoms with Gasteiger partial charge in [0.1, 0.15) is 0 Å². The fraction of sp³-hybridized carbons (Fsp3) is 0.250. The second kappa shape index (κ2) is 5.52. The molecule has 0 radical (unpaired) electrons. The zero-order valence-electron chi connectivity index (χ0n) is 11.4. The van der Waals surface area contributed by atoms with E-state index in [1.807, 2.05) is 12.1 Å². The van der Waals surface area contributed by atoms with Crippen LogP contribution < -0.4 is 0 Å². The van der Waals surface area contributed by atoms with Gasteiger partial charge in [-0.1, -0.05) is 30.3 Å². The Morgan fingerprint density at radius 3 is 2.32 bits per heavy atom. The Hall–Kier alpha value is -1.66. The largest absolute Gasteiger partial charge is 0.416 e. The second-order valence-electron chi connectivity index (χ2n) is 5.21. The van der Waals surface area contributed by atoms with Crippen LogP contribution in [-0.2, 0) is 23.4 Å². The number of rotatable bonds is 2. The SMILES string of the molecule is O=S1c2ccccc2C[C@H]1[C@@H](O)c1ccc(C(F)(F)F)cc1. The van der Waals surface area contributed by atoms with Gasteiger partial charge in [0.05, 0.1) is 27.7 Å². The summed E-state index contributed by atoms with van der Waals surface area (Å²) >= 11 is 0. The van der Waals surface area contributed by atoms with Crippen LogP contribution >= 0.6 is 0 Å². The van der Waals surface area contributed by atoms with E-state index < -0.39 is 33.9 Å². The Labute approximate surface area is 128 Å². The Kier molecular flexibility index (Phi) is 3.82. The first-order chi connectivity index (χ1) is 10.4. The maximum atomic E-state index is 12.6. The zero-order chi connectivity index (χ0) is 15.9. The molecule has 0 aliphatic carbocycles. The van der Waals surface area contributed by atoms with Crippen LogP contribution in [0.5, 0.6) is 0 Å². The van der Waals surface area contributed by atoms with E-state index in [1.165, 1.54) is 12.1 Å². The Morgan fingerprint density at radius 1 is 1.09 bits per heavy atom. The summed E-state index contributed by atoms with van der Waals surface area (Å²) in [5.74, 6) is 0. The van der Waals surface area contributed by atoms with E-state index >= 15 is 0 Å². The lowest BCUT2D eigenvalue weighted by molar-refractivity contribution is -0.137. The number of halogens is 3. The number of hydrogen-bond donors (Lipinski definition) is 1. The van der Waals surface area contributed by atoms with Crippen molar-refractivity contribution in [3.05, 3.63) is 65.2 Å². The lowest BCUT2D eigenvalue weighted by Gasteiger charge is -2.18. The van der Waals surface area contributed by atoms with E-state index in [2.05, 4.69) is 0 Å². The first-order valence-corrected chi connectivity index (χ1v) is 7.93. The monoisotopic (exact) mass is 326 g/mol. The van der Waals surface area contributed by atoms with Crippen LogP contribution in [0.2, 0.25) is 0 Å². The van der Waals surface area contributed by atoms with Crippen LogP contribution in [0.15, 0.2) is 53.4 Å². The Bertz CT molecular complexity index is 710. The summed E-state index contributed by atoms with van der Waals surface area (Å²) < 4.78 is 50.1. The van der Waals surface area contributed by atoms with Gasteiger partial charge in [0.25, 0.3) is 0 Å². The molecule has 1 unspecified atom stereocenters. The number of aliphatic hydroxyl groups excluding tert-OH is 1. The smallest absolute Gasteiger partial charge is 0.387 e. The molecule has 0 bridgehead atoms. The fourth-order valence-electron chi connectivity index (χ4n) is 2.64. The molecule has 116 valence electrons. The lowest BCUT2D eigenvalue weighted by Crippen LogP contribution is -2.21. The molecule has 2 aromatic rings. The van der Waals surface area contributed by atoms with Crippen LogP contribution in [0.1, 0.15) is 22.8 Å². The predicted octanol–water partition coefficient (Wildman–Crippen LogP) is 3.47. The van der Waals surface area contributed by atoms with Crippen molar-refractivity contribution in [3.63, 3.8) is 0 Å². The minimum Gasteiger partial charge on any atom is -0.387 e. The van der Waals surface area contributed by atoms with Crippen molar-refractivity contribution in [2.75, 3.05) is 0 Å². The topological polar surface area (TPSA) is 37.3 Å². The summed E-state index contributed by atoms with van der Waals surface area (Å²) in [7, 11) is -1.36. The molecule has 3 atom stereocenters. The third-order valence-electron chi connectivity index (χ3n) is 3.82. The zero-order valence-corrected chi connectivity index (χ0v) is 12.2. The molecule has 6 heteroatoms.